The maximum Gasteiger partial charge on any atom is 0.0972 e. The third-order valence-electron chi connectivity index (χ3n) is 1.93. The summed E-state index contributed by atoms with van der Waals surface area (Å²) in [5.74, 6) is 0. The van der Waals surface area contributed by atoms with Gasteiger partial charge in [-0.2, -0.15) is 0 Å². The second kappa shape index (κ2) is 5.29. The summed E-state index contributed by atoms with van der Waals surface area (Å²) in [5.41, 5.74) is 0.638. The van der Waals surface area contributed by atoms with Crippen LogP contribution in [0.5, 0.6) is 0 Å². The molecule has 0 aliphatic carbocycles. The zero-order valence-corrected chi connectivity index (χ0v) is 9.20. The van der Waals surface area contributed by atoms with Crippen molar-refractivity contribution in [1.82, 2.24) is 9.88 Å². The molecule has 1 rings (SSSR count). The topological polar surface area (TPSA) is 36.4 Å². The highest BCUT2D eigenvalue weighted by molar-refractivity contribution is 6.30. The van der Waals surface area contributed by atoms with Crippen LogP contribution in [0.4, 0.5) is 0 Å². The molecule has 78 valence electrons. The molecular formula is C10H15ClN2O. The number of aromatic nitrogens is 1. The highest BCUT2D eigenvalue weighted by Crippen LogP contribution is 2.17. The number of hydrogen-bond acceptors (Lipinski definition) is 3. The van der Waals surface area contributed by atoms with Crippen LogP contribution in [0.15, 0.2) is 18.3 Å². The molecule has 0 aromatic carbocycles. The van der Waals surface area contributed by atoms with Gasteiger partial charge in [-0.3, -0.25) is 4.98 Å². The lowest BCUT2D eigenvalue weighted by molar-refractivity contribution is 0.150. The quantitative estimate of drug-likeness (QED) is 0.829. The molecule has 1 heterocycles. The number of hydrogen-bond donors (Lipinski definition) is 1. The number of aliphatic hydroxyl groups is 1. The van der Waals surface area contributed by atoms with Gasteiger partial charge in [0, 0.05) is 17.8 Å². The van der Waals surface area contributed by atoms with Gasteiger partial charge in [0.15, 0.2) is 0 Å². The zero-order chi connectivity index (χ0) is 10.6. The van der Waals surface area contributed by atoms with E-state index >= 15 is 0 Å². The van der Waals surface area contributed by atoms with Crippen molar-refractivity contribution >= 4 is 11.6 Å². The van der Waals surface area contributed by atoms with E-state index in [1.54, 1.807) is 18.3 Å². The third-order valence-corrected chi connectivity index (χ3v) is 2.17. The first-order valence-corrected chi connectivity index (χ1v) is 4.91. The molecule has 0 fully saturated rings. The van der Waals surface area contributed by atoms with Crippen LogP contribution < -0.4 is 0 Å². The Bertz CT molecular complexity index is 291. The average Bonchev–Trinajstić information content (AvgIpc) is 2.14. The fraction of sp³-hybridized carbons (Fsp3) is 0.500. The van der Waals surface area contributed by atoms with Gasteiger partial charge in [0.1, 0.15) is 0 Å². The Labute approximate surface area is 89.3 Å². The molecule has 0 radical (unpaired) electrons. The molecule has 4 heteroatoms. The maximum atomic E-state index is 9.75. The highest BCUT2D eigenvalue weighted by Gasteiger charge is 2.09. The van der Waals surface area contributed by atoms with Crippen LogP contribution in [-0.2, 0) is 0 Å². The number of aliphatic hydroxyl groups excluding tert-OH is 1. The summed E-state index contributed by atoms with van der Waals surface area (Å²) in [7, 11) is 3.94. The van der Waals surface area contributed by atoms with Crippen molar-refractivity contribution in [3.05, 3.63) is 29.0 Å². The average molecular weight is 215 g/mol. The molecule has 0 spiro atoms. The standard InChI is InChI=1S/C10H15ClN2O/c1-13(2)6-4-10(14)9-7-8(11)3-5-12-9/h3,5,7,10,14H,4,6H2,1-2H3. The van der Waals surface area contributed by atoms with E-state index in [0.29, 0.717) is 17.1 Å². The molecule has 1 aromatic heterocycles. The summed E-state index contributed by atoms with van der Waals surface area (Å²) in [4.78, 5) is 6.09. The van der Waals surface area contributed by atoms with E-state index in [1.165, 1.54) is 0 Å². The van der Waals surface area contributed by atoms with Gasteiger partial charge < -0.3 is 10.0 Å². The molecule has 0 aliphatic heterocycles. The van der Waals surface area contributed by atoms with Crippen LogP contribution >= 0.6 is 11.6 Å². The molecule has 1 atom stereocenters. The number of nitrogens with zero attached hydrogens (tertiary/aromatic N) is 2. The van der Waals surface area contributed by atoms with E-state index in [9.17, 15) is 5.11 Å². The molecule has 1 N–H and O–H groups in total. The molecule has 0 saturated carbocycles. The van der Waals surface area contributed by atoms with Crippen molar-refractivity contribution in [2.45, 2.75) is 12.5 Å². The summed E-state index contributed by atoms with van der Waals surface area (Å²) < 4.78 is 0. The van der Waals surface area contributed by atoms with Crippen LogP contribution in [-0.4, -0.2) is 35.6 Å². The molecule has 0 saturated heterocycles. The third kappa shape index (κ3) is 3.62. The summed E-state index contributed by atoms with van der Waals surface area (Å²) in [6.07, 6.45) is 1.74. The van der Waals surface area contributed by atoms with Crippen molar-refractivity contribution in [2.24, 2.45) is 0 Å². The smallest absolute Gasteiger partial charge is 0.0972 e. The molecule has 0 amide bonds. The van der Waals surface area contributed by atoms with E-state index < -0.39 is 6.10 Å². The summed E-state index contributed by atoms with van der Waals surface area (Å²) >= 11 is 5.79. The van der Waals surface area contributed by atoms with Crippen LogP contribution in [0.3, 0.4) is 0 Å². The minimum Gasteiger partial charge on any atom is -0.387 e. The predicted molar refractivity (Wildman–Crippen MR) is 57.4 cm³/mol. The van der Waals surface area contributed by atoms with Gasteiger partial charge in [-0.05, 0) is 32.6 Å². The Hall–Kier alpha value is -0.640. The van der Waals surface area contributed by atoms with Crippen molar-refractivity contribution in [1.29, 1.82) is 0 Å². The first-order chi connectivity index (χ1) is 6.59. The monoisotopic (exact) mass is 214 g/mol. The van der Waals surface area contributed by atoms with Crippen LogP contribution in [0.1, 0.15) is 18.2 Å². The van der Waals surface area contributed by atoms with E-state index in [2.05, 4.69) is 4.98 Å². The first-order valence-electron chi connectivity index (χ1n) is 4.54. The van der Waals surface area contributed by atoms with Gasteiger partial charge >= 0.3 is 0 Å². The van der Waals surface area contributed by atoms with Crippen molar-refractivity contribution in [3.63, 3.8) is 0 Å². The minimum absolute atomic E-state index is 0.531. The van der Waals surface area contributed by atoms with Gasteiger partial charge in [-0.25, -0.2) is 0 Å². The number of rotatable bonds is 4. The minimum atomic E-state index is -0.531. The van der Waals surface area contributed by atoms with Crippen molar-refractivity contribution in [3.8, 4) is 0 Å². The van der Waals surface area contributed by atoms with Gasteiger partial charge in [0.25, 0.3) is 0 Å². The fourth-order valence-corrected chi connectivity index (χ4v) is 1.30. The Kier molecular flexibility index (Phi) is 4.32. The molecular weight excluding hydrogens is 200 g/mol. The fourth-order valence-electron chi connectivity index (χ4n) is 1.13. The Morgan fingerprint density at radius 3 is 2.86 bits per heavy atom. The van der Waals surface area contributed by atoms with Crippen molar-refractivity contribution in [2.75, 3.05) is 20.6 Å². The largest absolute Gasteiger partial charge is 0.387 e. The number of pyridine rings is 1. The van der Waals surface area contributed by atoms with Gasteiger partial charge in [0.05, 0.1) is 11.8 Å². The summed E-state index contributed by atoms with van der Waals surface area (Å²) in [5, 5.41) is 10.4. The summed E-state index contributed by atoms with van der Waals surface area (Å²) in [6, 6.07) is 3.39. The van der Waals surface area contributed by atoms with Crippen LogP contribution in [0.25, 0.3) is 0 Å². The molecule has 1 aromatic rings. The molecule has 3 nitrogen and oxygen atoms in total. The van der Waals surface area contributed by atoms with Gasteiger partial charge in [-0.15, -0.1) is 0 Å². The Morgan fingerprint density at radius 2 is 2.29 bits per heavy atom. The zero-order valence-electron chi connectivity index (χ0n) is 8.44. The highest BCUT2D eigenvalue weighted by atomic mass is 35.5. The van der Waals surface area contributed by atoms with Gasteiger partial charge in [-0.1, -0.05) is 11.6 Å². The van der Waals surface area contributed by atoms with Crippen LogP contribution in [0.2, 0.25) is 5.02 Å². The lowest BCUT2D eigenvalue weighted by Gasteiger charge is -2.13. The van der Waals surface area contributed by atoms with E-state index in [4.69, 9.17) is 11.6 Å². The molecule has 0 aliphatic rings. The number of halogens is 1. The second-order valence-electron chi connectivity index (χ2n) is 3.51. The van der Waals surface area contributed by atoms with E-state index in [-0.39, 0.29) is 0 Å². The lowest BCUT2D eigenvalue weighted by Crippen LogP contribution is -2.16. The normalized spacial score (nSPS) is 13.2. The summed E-state index contributed by atoms with van der Waals surface area (Å²) in [6.45, 7) is 0.829. The van der Waals surface area contributed by atoms with Gasteiger partial charge in [0.2, 0.25) is 0 Å². The van der Waals surface area contributed by atoms with E-state index in [1.807, 2.05) is 19.0 Å². The second-order valence-corrected chi connectivity index (χ2v) is 3.94. The SMILES string of the molecule is CN(C)CCC(O)c1cc(Cl)ccn1. The Balaban J connectivity index is 2.56. The molecule has 1 unspecified atom stereocenters. The Morgan fingerprint density at radius 1 is 1.57 bits per heavy atom. The first kappa shape index (κ1) is 11.4. The van der Waals surface area contributed by atoms with Crippen molar-refractivity contribution < 1.29 is 5.11 Å². The lowest BCUT2D eigenvalue weighted by atomic mass is 10.1. The maximum absolute atomic E-state index is 9.75. The molecule has 0 bridgehead atoms. The van der Waals surface area contributed by atoms with E-state index in [0.717, 1.165) is 6.54 Å². The predicted octanol–water partition coefficient (Wildman–Crippen LogP) is 1.72. The van der Waals surface area contributed by atoms with Crippen LogP contribution in [0, 0.1) is 0 Å². The molecule has 14 heavy (non-hydrogen) atoms.